The molecule has 1 saturated carbocycles. The molecule has 96 valence electrons. The molecule has 0 aromatic heterocycles. The third kappa shape index (κ3) is 2.10. The van der Waals surface area contributed by atoms with E-state index in [1.165, 1.54) is 4.90 Å². The lowest BCUT2D eigenvalue weighted by atomic mass is 10.1. The smallest absolute Gasteiger partial charge is 0.411 e. The summed E-state index contributed by atoms with van der Waals surface area (Å²) in [5.74, 6) is -0.838. The van der Waals surface area contributed by atoms with E-state index >= 15 is 0 Å². The first kappa shape index (κ1) is 12.2. The molecule has 3 atom stereocenters. The molecule has 0 aromatic carbocycles. The zero-order chi connectivity index (χ0) is 13.0. The Morgan fingerprint density at radius 3 is 2.47 bits per heavy atom. The minimum absolute atomic E-state index is 0.0139. The number of rotatable bonds is 1. The van der Waals surface area contributed by atoms with Gasteiger partial charge in [-0.2, -0.15) is 0 Å². The number of hydrogen-bond acceptors (Lipinski definition) is 3. The van der Waals surface area contributed by atoms with Crippen LogP contribution in [0.1, 0.15) is 34.1 Å². The molecule has 2 rings (SSSR count). The molecule has 1 amide bonds. The number of fused-ring (bicyclic) bond motifs is 1. The summed E-state index contributed by atoms with van der Waals surface area (Å²) in [6, 6.07) is -0.713. The quantitative estimate of drug-likeness (QED) is 0.759. The molecule has 0 aromatic rings. The molecule has 2 fully saturated rings. The van der Waals surface area contributed by atoms with Crippen molar-refractivity contribution in [2.24, 2.45) is 11.3 Å². The van der Waals surface area contributed by atoms with Crippen molar-refractivity contribution in [3.05, 3.63) is 0 Å². The standard InChI is InChI=1S/C12H19NO4/c1-11(2,3)17-10(16)13-6-12(4)5-7(12)8(13)9(14)15/h7-8H,5-6H2,1-4H3,(H,14,15)/t7-,8+,12+/m1/s1. The second-order valence-electron chi connectivity index (χ2n) is 6.36. The van der Waals surface area contributed by atoms with Gasteiger partial charge in [0.05, 0.1) is 0 Å². The molecule has 0 radical (unpaired) electrons. The summed E-state index contributed by atoms with van der Waals surface area (Å²) in [5, 5.41) is 9.19. The number of hydrogen-bond donors (Lipinski definition) is 1. The fourth-order valence-corrected chi connectivity index (χ4v) is 2.63. The highest BCUT2D eigenvalue weighted by Gasteiger charge is 2.65. The Labute approximate surface area is 101 Å². The second-order valence-corrected chi connectivity index (χ2v) is 6.36. The molecule has 5 nitrogen and oxygen atoms in total. The van der Waals surface area contributed by atoms with Gasteiger partial charge in [0, 0.05) is 6.54 Å². The maximum absolute atomic E-state index is 11.9. The lowest BCUT2D eigenvalue weighted by Crippen LogP contribution is -2.45. The largest absolute Gasteiger partial charge is 0.480 e. The summed E-state index contributed by atoms with van der Waals surface area (Å²) in [7, 11) is 0. The number of carboxylic acid groups (broad SMARTS) is 1. The predicted molar refractivity (Wildman–Crippen MR) is 60.6 cm³/mol. The first-order chi connectivity index (χ1) is 7.64. The normalized spacial score (nSPS) is 35.4. The van der Waals surface area contributed by atoms with E-state index in [0.717, 1.165) is 6.42 Å². The molecule has 1 N–H and O–H groups in total. The Kier molecular flexibility index (Phi) is 2.42. The topological polar surface area (TPSA) is 66.8 Å². The molecule has 2 aliphatic rings. The van der Waals surface area contributed by atoms with E-state index in [9.17, 15) is 14.7 Å². The van der Waals surface area contributed by atoms with Gasteiger partial charge in [0.15, 0.2) is 0 Å². The first-order valence-electron chi connectivity index (χ1n) is 5.86. The van der Waals surface area contributed by atoms with Gasteiger partial charge in [0.25, 0.3) is 0 Å². The number of aliphatic carboxylic acids is 1. The van der Waals surface area contributed by atoms with Crippen LogP contribution in [-0.4, -0.2) is 40.3 Å². The van der Waals surface area contributed by atoms with Gasteiger partial charge in [-0.25, -0.2) is 9.59 Å². The molecule has 0 bridgehead atoms. The molecule has 1 aliphatic heterocycles. The molecule has 1 heterocycles. The lowest BCUT2D eigenvalue weighted by Gasteiger charge is -2.28. The Balaban J connectivity index is 2.11. The van der Waals surface area contributed by atoms with Crippen molar-refractivity contribution in [1.29, 1.82) is 0 Å². The van der Waals surface area contributed by atoms with Crippen LogP contribution >= 0.6 is 0 Å². The Morgan fingerprint density at radius 2 is 2.00 bits per heavy atom. The van der Waals surface area contributed by atoms with Gasteiger partial charge in [0.2, 0.25) is 0 Å². The number of amides is 1. The molecule has 1 aliphatic carbocycles. The van der Waals surface area contributed by atoms with E-state index in [4.69, 9.17) is 4.74 Å². The van der Waals surface area contributed by atoms with Crippen LogP contribution in [0.25, 0.3) is 0 Å². The number of carboxylic acids is 1. The van der Waals surface area contributed by atoms with Crippen LogP contribution in [-0.2, 0) is 9.53 Å². The summed E-state index contributed by atoms with van der Waals surface area (Å²) in [4.78, 5) is 24.5. The van der Waals surface area contributed by atoms with Gasteiger partial charge >= 0.3 is 12.1 Å². The molecular formula is C12H19NO4. The number of ether oxygens (including phenoxy) is 1. The van der Waals surface area contributed by atoms with Gasteiger partial charge < -0.3 is 9.84 Å². The van der Waals surface area contributed by atoms with Crippen LogP contribution in [0.5, 0.6) is 0 Å². The van der Waals surface area contributed by atoms with Crippen molar-refractivity contribution >= 4 is 12.1 Å². The van der Waals surface area contributed by atoms with Crippen LogP contribution in [0.4, 0.5) is 4.79 Å². The van der Waals surface area contributed by atoms with E-state index in [0.29, 0.717) is 6.54 Å². The van der Waals surface area contributed by atoms with Gasteiger partial charge in [-0.1, -0.05) is 6.92 Å². The van der Waals surface area contributed by atoms with Crippen molar-refractivity contribution in [2.75, 3.05) is 6.54 Å². The van der Waals surface area contributed by atoms with E-state index < -0.39 is 23.7 Å². The summed E-state index contributed by atoms with van der Waals surface area (Å²) in [6.45, 7) is 7.85. The van der Waals surface area contributed by atoms with Crippen molar-refractivity contribution < 1.29 is 19.4 Å². The van der Waals surface area contributed by atoms with Crippen molar-refractivity contribution in [3.63, 3.8) is 0 Å². The second kappa shape index (κ2) is 3.37. The third-order valence-corrected chi connectivity index (χ3v) is 3.55. The Morgan fingerprint density at radius 1 is 1.41 bits per heavy atom. The first-order valence-corrected chi connectivity index (χ1v) is 5.86. The number of likely N-dealkylation sites (tertiary alicyclic amines) is 1. The van der Waals surface area contributed by atoms with E-state index in [2.05, 4.69) is 0 Å². The van der Waals surface area contributed by atoms with Crippen molar-refractivity contribution in [2.45, 2.75) is 45.8 Å². The van der Waals surface area contributed by atoms with Gasteiger partial charge in [0.1, 0.15) is 11.6 Å². The molecule has 5 heteroatoms. The molecular weight excluding hydrogens is 222 g/mol. The minimum atomic E-state index is -0.929. The van der Waals surface area contributed by atoms with E-state index in [1.807, 2.05) is 6.92 Å². The molecule has 0 unspecified atom stereocenters. The summed E-state index contributed by atoms with van der Waals surface area (Å²) in [5.41, 5.74) is -0.603. The maximum Gasteiger partial charge on any atom is 0.411 e. The van der Waals surface area contributed by atoms with Crippen LogP contribution in [0.2, 0.25) is 0 Å². The predicted octanol–water partition coefficient (Wildman–Crippen LogP) is 1.72. The highest BCUT2D eigenvalue weighted by atomic mass is 16.6. The van der Waals surface area contributed by atoms with E-state index in [1.54, 1.807) is 20.8 Å². The van der Waals surface area contributed by atoms with Crippen LogP contribution in [0.15, 0.2) is 0 Å². The SMILES string of the molecule is CC(C)(C)OC(=O)N1C[C@]2(C)C[C@@H]2[C@H]1C(=O)O. The Bertz CT molecular complexity index is 373. The zero-order valence-corrected chi connectivity index (χ0v) is 10.7. The number of nitrogens with zero attached hydrogens (tertiary/aromatic N) is 1. The van der Waals surface area contributed by atoms with Gasteiger partial charge in [-0.05, 0) is 38.5 Å². The summed E-state index contributed by atoms with van der Waals surface area (Å²) < 4.78 is 5.24. The third-order valence-electron chi connectivity index (χ3n) is 3.55. The number of carbonyl (C=O) groups excluding carboxylic acids is 1. The number of carbonyl (C=O) groups is 2. The average molecular weight is 241 g/mol. The molecule has 1 saturated heterocycles. The highest BCUT2D eigenvalue weighted by Crippen LogP contribution is 2.60. The fourth-order valence-electron chi connectivity index (χ4n) is 2.63. The Hall–Kier alpha value is -1.26. The highest BCUT2D eigenvalue weighted by molar-refractivity contribution is 5.82. The molecule has 17 heavy (non-hydrogen) atoms. The summed E-state index contributed by atoms with van der Waals surface area (Å²) >= 11 is 0. The minimum Gasteiger partial charge on any atom is -0.480 e. The van der Waals surface area contributed by atoms with Crippen molar-refractivity contribution in [3.8, 4) is 0 Å². The fraction of sp³-hybridized carbons (Fsp3) is 0.833. The van der Waals surface area contributed by atoms with Gasteiger partial charge in [-0.3, -0.25) is 4.90 Å². The van der Waals surface area contributed by atoms with Crippen LogP contribution in [0.3, 0.4) is 0 Å². The van der Waals surface area contributed by atoms with E-state index in [-0.39, 0.29) is 11.3 Å². The zero-order valence-electron chi connectivity index (χ0n) is 10.7. The monoisotopic (exact) mass is 241 g/mol. The van der Waals surface area contributed by atoms with Gasteiger partial charge in [-0.15, -0.1) is 0 Å². The number of piperidine rings is 1. The summed E-state index contributed by atoms with van der Waals surface area (Å²) in [6.07, 6.45) is 0.377. The van der Waals surface area contributed by atoms with Crippen LogP contribution in [0, 0.1) is 11.3 Å². The lowest BCUT2D eigenvalue weighted by molar-refractivity contribution is -0.142. The average Bonchev–Trinajstić information content (AvgIpc) is 2.64. The maximum atomic E-state index is 11.9. The van der Waals surface area contributed by atoms with Crippen molar-refractivity contribution in [1.82, 2.24) is 4.90 Å². The molecule has 0 spiro atoms. The van der Waals surface area contributed by atoms with Crippen LogP contribution < -0.4 is 0 Å².